The van der Waals surface area contributed by atoms with E-state index in [0.717, 1.165) is 9.79 Å². The third kappa shape index (κ3) is 2.23. The minimum absolute atomic E-state index is 0. The molecular formula is C7H8NiS2. The summed E-state index contributed by atoms with van der Waals surface area (Å²) in [5.41, 5.74) is 1.17. The van der Waals surface area contributed by atoms with Gasteiger partial charge in [-0.25, -0.2) is 0 Å². The largest absolute Gasteiger partial charge is 0.142 e. The third-order valence-electron chi connectivity index (χ3n) is 1.22. The molecule has 0 saturated carbocycles. The molecule has 0 aliphatic carbocycles. The summed E-state index contributed by atoms with van der Waals surface area (Å²) in [5, 5.41) is 0. The normalized spacial score (nSPS) is 8.70. The number of rotatable bonds is 0. The maximum Gasteiger partial charge on any atom is 0.0203 e. The number of hydrogen-bond donors (Lipinski definition) is 2. The van der Waals surface area contributed by atoms with Crippen molar-refractivity contribution in [2.45, 2.75) is 16.7 Å². The molecule has 1 rings (SSSR count). The van der Waals surface area contributed by atoms with Gasteiger partial charge in [0.2, 0.25) is 0 Å². The van der Waals surface area contributed by atoms with Crippen molar-refractivity contribution in [1.29, 1.82) is 0 Å². The second kappa shape index (κ2) is 4.32. The topological polar surface area (TPSA) is 0 Å². The van der Waals surface area contributed by atoms with Crippen LogP contribution in [0.4, 0.5) is 0 Å². The van der Waals surface area contributed by atoms with E-state index in [1.54, 1.807) is 0 Å². The Kier molecular flexibility index (Phi) is 4.50. The van der Waals surface area contributed by atoms with E-state index in [1.807, 2.05) is 25.1 Å². The van der Waals surface area contributed by atoms with E-state index in [1.165, 1.54) is 5.56 Å². The Labute approximate surface area is 82.2 Å². The van der Waals surface area contributed by atoms with Crippen LogP contribution in [0, 0.1) is 6.92 Å². The van der Waals surface area contributed by atoms with Gasteiger partial charge in [-0.3, -0.25) is 0 Å². The molecule has 0 aromatic heterocycles. The van der Waals surface area contributed by atoms with Crippen LogP contribution in [0.25, 0.3) is 0 Å². The quantitative estimate of drug-likeness (QED) is 0.482. The Bertz CT molecular complexity index is 203. The van der Waals surface area contributed by atoms with Gasteiger partial charge in [-0.2, -0.15) is 0 Å². The molecule has 0 aliphatic rings. The molecule has 0 radical (unpaired) electrons. The number of thiol groups is 2. The Hall–Kier alpha value is 0.414. The molecule has 0 bridgehead atoms. The minimum atomic E-state index is 0. The first kappa shape index (κ1) is 10.4. The molecule has 1 aromatic carbocycles. The van der Waals surface area contributed by atoms with E-state index in [2.05, 4.69) is 25.3 Å². The van der Waals surface area contributed by atoms with Crippen LogP contribution in [0.15, 0.2) is 28.0 Å². The molecule has 0 aliphatic heterocycles. The molecule has 0 nitrogen and oxygen atoms in total. The molecular weight excluding hydrogens is 207 g/mol. The van der Waals surface area contributed by atoms with E-state index in [4.69, 9.17) is 0 Å². The van der Waals surface area contributed by atoms with E-state index >= 15 is 0 Å². The average molecular weight is 215 g/mol. The molecule has 1 aromatic rings. The molecule has 0 amide bonds. The molecule has 0 fully saturated rings. The van der Waals surface area contributed by atoms with Crippen molar-refractivity contribution in [3.8, 4) is 0 Å². The molecule has 0 saturated heterocycles. The standard InChI is InChI=1S/C7H8S2.Ni/c1-5-3-2-4-6(8)7(5)9;/h2-4,8-9H,1H3;. The summed E-state index contributed by atoms with van der Waals surface area (Å²) < 4.78 is 0. The zero-order valence-electron chi connectivity index (χ0n) is 5.44. The number of benzene rings is 1. The second-order valence-corrected chi connectivity index (χ2v) is 2.87. The van der Waals surface area contributed by atoms with Crippen molar-refractivity contribution >= 4 is 25.3 Å². The fourth-order valence-corrected chi connectivity index (χ4v) is 1.05. The summed E-state index contributed by atoms with van der Waals surface area (Å²) in [4.78, 5) is 1.92. The van der Waals surface area contributed by atoms with Crippen LogP contribution in [-0.2, 0) is 16.5 Å². The van der Waals surface area contributed by atoms with Gasteiger partial charge in [-0.15, -0.1) is 25.3 Å². The van der Waals surface area contributed by atoms with Crippen LogP contribution < -0.4 is 0 Å². The molecule has 3 heteroatoms. The molecule has 0 heterocycles. The maximum atomic E-state index is 4.23. The summed E-state index contributed by atoms with van der Waals surface area (Å²) in [5.74, 6) is 0. The monoisotopic (exact) mass is 214 g/mol. The van der Waals surface area contributed by atoms with Gasteiger partial charge < -0.3 is 0 Å². The fourth-order valence-electron chi connectivity index (χ4n) is 0.643. The second-order valence-electron chi connectivity index (χ2n) is 1.94. The van der Waals surface area contributed by atoms with E-state index < -0.39 is 0 Å². The maximum absolute atomic E-state index is 4.23. The summed E-state index contributed by atoms with van der Waals surface area (Å²) >= 11 is 8.43. The van der Waals surface area contributed by atoms with Crippen molar-refractivity contribution in [2.75, 3.05) is 0 Å². The smallest absolute Gasteiger partial charge is 0.0203 e. The number of hydrogen-bond acceptors (Lipinski definition) is 2. The molecule has 0 spiro atoms. The van der Waals surface area contributed by atoms with Gasteiger partial charge in [0, 0.05) is 26.3 Å². The zero-order valence-corrected chi connectivity index (χ0v) is 8.22. The van der Waals surface area contributed by atoms with Crippen LogP contribution in [-0.4, -0.2) is 0 Å². The Morgan fingerprint density at radius 2 is 1.80 bits per heavy atom. The van der Waals surface area contributed by atoms with E-state index in [0.29, 0.717) is 0 Å². The zero-order chi connectivity index (χ0) is 6.85. The van der Waals surface area contributed by atoms with Crippen molar-refractivity contribution in [3.05, 3.63) is 23.8 Å². The first-order chi connectivity index (χ1) is 4.22. The van der Waals surface area contributed by atoms with Gasteiger partial charge in [-0.05, 0) is 18.6 Å². The van der Waals surface area contributed by atoms with Gasteiger partial charge in [0.15, 0.2) is 0 Å². The Morgan fingerprint density at radius 3 is 2.20 bits per heavy atom. The third-order valence-corrected chi connectivity index (χ3v) is 2.36. The van der Waals surface area contributed by atoms with Crippen LogP contribution in [0.1, 0.15) is 5.56 Å². The van der Waals surface area contributed by atoms with Gasteiger partial charge in [0.1, 0.15) is 0 Å². The van der Waals surface area contributed by atoms with Crippen molar-refractivity contribution < 1.29 is 16.5 Å². The number of aryl methyl sites for hydroxylation is 1. The first-order valence-electron chi connectivity index (χ1n) is 2.69. The summed E-state index contributed by atoms with van der Waals surface area (Å²) in [6, 6.07) is 5.91. The summed E-state index contributed by atoms with van der Waals surface area (Å²) in [7, 11) is 0. The van der Waals surface area contributed by atoms with Crippen LogP contribution in [0.3, 0.4) is 0 Å². The van der Waals surface area contributed by atoms with Gasteiger partial charge in [0.05, 0.1) is 0 Å². The van der Waals surface area contributed by atoms with Crippen LogP contribution in [0.2, 0.25) is 0 Å². The van der Waals surface area contributed by atoms with E-state index in [9.17, 15) is 0 Å². The van der Waals surface area contributed by atoms with Gasteiger partial charge in [0.25, 0.3) is 0 Å². The summed E-state index contributed by atoms with van der Waals surface area (Å²) in [6.07, 6.45) is 0. The minimum Gasteiger partial charge on any atom is -0.142 e. The molecule has 10 heavy (non-hydrogen) atoms. The molecule has 0 atom stereocenters. The molecule has 0 unspecified atom stereocenters. The van der Waals surface area contributed by atoms with E-state index in [-0.39, 0.29) is 16.5 Å². The van der Waals surface area contributed by atoms with Crippen LogP contribution in [0.5, 0.6) is 0 Å². The fraction of sp³-hybridized carbons (Fsp3) is 0.143. The SMILES string of the molecule is Cc1cccc(S)c1S.[Ni]. The van der Waals surface area contributed by atoms with Gasteiger partial charge >= 0.3 is 0 Å². The first-order valence-corrected chi connectivity index (χ1v) is 3.59. The Morgan fingerprint density at radius 1 is 1.20 bits per heavy atom. The predicted octanol–water partition coefficient (Wildman–Crippen LogP) is 2.57. The van der Waals surface area contributed by atoms with Crippen LogP contribution >= 0.6 is 25.3 Å². The molecule has 0 N–H and O–H groups in total. The molecule has 58 valence electrons. The van der Waals surface area contributed by atoms with Crippen molar-refractivity contribution in [2.24, 2.45) is 0 Å². The average Bonchev–Trinajstić information content (AvgIpc) is 1.83. The van der Waals surface area contributed by atoms with Crippen molar-refractivity contribution in [1.82, 2.24) is 0 Å². The van der Waals surface area contributed by atoms with Gasteiger partial charge in [-0.1, -0.05) is 12.1 Å². The summed E-state index contributed by atoms with van der Waals surface area (Å²) in [6.45, 7) is 2.02. The predicted molar refractivity (Wildman–Crippen MR) is 45.7 cm³/mol. The van der Waals surface area contributed by atoms with Crippen molar-refractivity contribution in [3.63, 3.8) is 0 Å². The Balaban J connectivity index is 0.000000810.